The Bertz CT molecular complexity index is 1490. The molecule has 3 unspecified atom stereocenters. The molecule has 2 aliphatic heterocycles. The summed E-state index contributed by atoms with van der Waals surface area (Å²) in [5.74, 6) is -1.99. The van der Waals surface area contributed by atoms with E-state index in [4.69, 9.17) is 0 Å². The standard InChI is InChI=1S/C22H24N4O6S4/c1-35(29,30)23-7-14-10-34-21-19(14)36(31,32)25-20(24-21)16-18(27)15-12-2-3-13(6-12)17(15)26(22(16)28)8-11-4-5-33-9-11/h4-5,9-10,12-13,15-17,23H,2-3,6-8H2,1H3,(H,24,25)/t12-,13+,15?,16?,17?/m0/s1. The Kier molecular flexibility index (Phi) is 5.68. The highest BCUT2D eigenvalue weighted by atomic mass is 32.2. The number of hydrogen-bond acceptors (Lipinski definition) is 9. The molecule has 2 aromatic heterocycles. The van der Waals surface area contributed by atoms with Crippen LogP contribution in [0.4, 0.5) is 5.00 Å². The van der Waals surface area contributed by atoms with Gasteiger partial charge in [-0.3, -0.25) is 9.59 Å². The number of amides is 1. The van der Waals surface area contributed by atoms with Crippen LogP contribution in [0.5, 0.6) is 0 Å². The Morgan fingerprint density at radius 3 is 2.72 bits per heavy atom. The molecule has 6 rings (SSSR count). The Hall–Kier alpha value is -2.13. The average molecular weight is 569 g/mol. The van der Waals surface area contributed by atoms with Gasteiger partial charge in [0.05, 0.1) is 6.26 Å². The molecule has 0 aromatic carbocycles. The number of Topliss-reactive ketones (excluding diaryl/α,β-unsaturated/α-hetero) is 1. The van der Waals surface area contributed by atoms with E-state index < -0.39 is 31.9 Å². The number of piperidine rings is 1. The molecule has 4 aliphatic rings. The summed E-state index contributed by atoms with van der Waals surface area (Å²) in [4.78, 5) is 29.3. The molecular formula is C22H24N4O6S4. The molecule has 14 heteroatoms. The van der Waals surface area contributed by atoms with Crippen LogP contribution in [-0.2, 0) is 42.7 Å². The second-order valence-electron chi connectivity index (χ2n) is 9.87. The zero-order valence-corrected chi connectivity index (χ0v) is 22.5. The lowest BCUT2D eigenvalue weighted by Gasteiger charge is -2.45. The lowest BCUT2D eigenvalue weighted by Crippen LogP contribution is -2.61. The molecule has 4 heterocycles. The van der Waals surface area contributed by atoms with Crippen molar-refractivity contribution in [3.8, 4) is 0 Å². The van der Waals surface area contributed by atoms with Gasteiger partial charge in [-0.2, -0.15) is 19.8 Å². The molecule has 0 spiro atoms. The van der Waals surface area contributed by atoms with E-state index in [1.807, 2.05) is 16.8 Å². The molecule has 2 saturated carbocycles. The van der Waals surface area contributed by atoms with Crippen LogP contribution in [0.1, 0.15) is 30.4 Å². The SMILES string of the molecule is CS(=O)(=O)NCc1csc2c1S(=O)(=O)N=C(C1C(=O)C3C([C@@H]4CC[C@H]3C4)N(Cc3ccsc3)C1=O)N2. The first-order chi connectivity index (χ1) is 17.0. The Balaban J connectivity index is 1.36. The zero-order valence-electron chi connectivity index (χ0n) is 19.2. The number of carbonyl (C=O) groups excluding carboxylic acids is 2. The van der Waals surface area contributed by atoms with E-state index in [-0.39, 0.29) is 57.4 Å². The maximum Gasteiger partial charge on any atom is 0.287 e. The summed E-state index contributed by atoms with van der Waals surface area (Å²) in [5.41, 5.74) is 1.24. The Morgan fingerprint density at radius 1 is 1.22 bits per heavy atom. The van der Waals surface area contributed by atoms with Gasteiger partial charge in [-0.15, -0.1) is 15.7 Å². The van der Waals surface area contributed by atoms with E-state index in [0.717, 1.165) is 42.4 Å². The van der Waals surface area contributed by atoms with E-state index in [1.165, 1.54) is 16.7 Å². The molecule has 2 N–H and O–H groups in total. The van der Waals surface area contributed by atoms with E-state index in [2.05, 4.69) is 14.4 Å². The topological polar surface area (TPSA) is 142 Å². The molecular weight excluding hydrogens is 545 g/mol. The number of ketones is 1. The van der Waals surface area contributed by atoms with Crippen LogP contribution in [0, 0.1) is 23.7 Å². The molecule has 2 bridgehead atoms. The number of rotatable bonds is 6. The van der Waals surface area contributed by atoms with Crippen molar-refractivity contribution in [1.82, 2.24) is 9.62 Å². The first kappa shape index (κ1) is 24.2. The maximum absolute atomic E-state index is 13.8. The van der Waals surface area contributed by atoms with Gasteiger partial charge in [0.25, 0.3) is 10.0 Å². The van der Waals surface area contributed by atoms with Crippen molar-refractivity contribution in [3.63, 3.8) is 0 Å². The highest BCUT2D eigenvalue weighted by Crippen LogP contribution is 2.54. The lowest BCUT2D eigenvalue weighted by atomic mass is 9.73. The molecule has 1 saturated heterocycles. The van der Waals surface area contributed by atoms with Crippen molar-refractivity contribution in [1.29, 1.82) is 0 Å². The van der Waals surface area contributed by atoms with E-state index in [0.29, 0.717) is 6.54 Å². The summed E-state index contributed by atoms with van der Waals surface area (Å²) in [7, 11) is -7.80. The van der Waals surface area contributed by atoms with Crippen LogP contribution in [0.2, 0.25) is 0 Å². The largest absolute Gasteiger partial charge is 0.333 e. The highest BCUT2D eigenvalue weighted by molar-refractivity contribution is 7.91. The third-order valence-electron chi connectivity index (χ3n) is 7.64. The monoisotopic (exact) mass is 568 g/mol. The van der Waals surface area contributed by atoms with Gasteiger partial charge >= 0.3 is 0 Å². The lowest BCUT2D eigenvalue weighted by molar-refractivity contribution is -0.153. The number of carbonyl (C=O) groups is 2. The minimum Gasteiger partial charge on any atom is -0.333 e. The van der Waals surface area contributed by atoms with Gasteiger partial charge < -0.3 is 10.2 Å². The summed E-state index contributed by atoms with van der Waals surface area (Å²) in [6.45, 7) is 0.168. The molecule has 3 fully saturated rings. The molecule has 36 heavy (non-hydrogen) atoms. The molecule has 2 aromatic rings. The van der Waals surface area contributed by atoms with Gasteiger partial charge in [-0.1, -0.05) is 0 Å². The number of sulfonamides is 2. The van der Waals surface area contributed by atoms with E-state index in [9.17, 15) is 26.4 Å². The fraction of sp³-hybridized carbons (Fsp3) is 0.500. The summed E-state index contributed by atoms with van der Waals surface area (Å²) in [5, 5.41) is 8.63. The predicted molar refractivity (Wildman–Crippen MR) is 136 cm³/mol. The summed E-state index contributed by atoms with van der Waals surface area (Å²) in [6, 6.07) is 1.79. The van der Waals surface area contributed by atoms with Crippen molar-refractivity contribution in [2.24, 2.45) is 28.1 Å². The van der Waals surface area contributed by atoms with Crippen LogP contribution < -0.4 is 10.0 Å². The quantitative estimate of drug-likeness (QED) is 0.508. The fourth-order valence-electron chi connectivity index (χ4n) is 6.27. The van der Waals surface area contributed by atoms with Gasteiger partial charge in [0.15, 0.2) is 11.7 Å². The van der Waals surface area contributed by atoms with Gasteiger partial charge in [0, 0.05) is 30.6 Å². The van der Waals surface area contributed by atoms with Gasteiger partial charge in [0.2, 0.25) is 15.9 Å². The molecule has 1 amide bonds. The molecule has 192 valence electrons. The minimum absolute atomic E-state index is 0.129. The van der Waals surface area contributed by atoms with Crippen LogP contribution in [-0.4, -0.2) is 51.6 Å². The fourth-order valence-corrected chi connectivity index (χ4v) is 10.00. The zero-order chi connectivity index (χ0) is 25.4. The molecule has 5 atom stereocenters. The molecule has 10 nitrogen and oxygen atoms in total. The maximum atomic E-state index is 13.8. The van der Waals surface area contributed by atoms with E-state index >= 15 is 0 Å². The van der Waals surface area contributed by atoms with Crippen molar-refractivity contribution in [2.45, 2.75) is 43.3 Å². The first-order valence-electron chi connectivity index (χ1n) is 11.6. The molecule has 2 aliphatic carbocycles. The van der Waals surface area contributed by atoms with Crippen LogP contribution in [0.15, 0.2) is 31.5 Å². The number of likely N-dealkylation sites (tertiary alicyclic amines) is 1. The molecule has 0 radical (unpaired) electrons. The minimum atomic E-state index is -4.26. The van der Waals surface area contributed by atoms with Crippen LogP contribution in [0.3, 0.4) is 0 Å². The van der Waals surface area contributed by atoms with Gasteiger partial charge in [0.1, 0.15) is 15.7 Å². The number of nitrogens with zero attached hydrogens (tertiary/aromatic N) is 2. The predicted octanol–water partition coefficient (Wildman–Crippen LogP) is 2.01. The smallest absolute Gasteiger partial charge is 0.287 e. The van der Waals surface area contributed by atoms with Crippen LogP contribution >= 0.6 is 22.7 Å². The van der Waals surface area contributed by atoms with Crippen molar-refractivity contribution in [2.75, 3.05) is 11.6 Å². The van der Waals surface area contributed by atoms with Crippen molar-refractivity contribution in [3.05, 3.63) is 33.3 Å². The van der Waals surface area contributed by atoms with Gasteiger partial charge in [-0.25, -0.2) is 13.1 Å². The third-order valence-corrected chi connectivity index (χ3v) is 11.5. The second kappa shape index (κ2) is 8.45. The number of hydrogen-bond donors (Lipinski definition) is 2. The summed E-state index contributed by atoms with van der Waals surface area (Å²) >= 11 is 2.61. The number of amidine groups is 1. The van der Waals surface area contributed by atoms with Crippen molar-refractivity contribution < 1.29 is 26.4 Å². The summed E-state index contributed by atoms with van der Waals surface area (Å²) < 4.78 is 55.6. The number of fused-ring (bicyclic) bond motifs is 6. The third kappa shape index (κ3) is 3.93. The normalized spacial score (nSPS) is 30.6. The van der Waals surface area contributed by atoms with Crippen molar-refractivity contribution >= 4 is 65.2 Å². The second-order valence-corrected chi connectivity index (χ2v) is 14.9. The van der Waals surface area contributed by atoms with Crippen LogP contribution in [0.25, 0.3) is 0 Å². The van der Waals surface area contributed by atoms with Gasteiger partial charge in [-0.05, 0) is 58.9 Å². The number of anilines is 1. The average Bonchev–Trinajstić information content (AvgIpc) is 3.58. The number of thiophene rings is 2. The number of nitrogens with one attached hydrogen (secondary N) is 2. The Labute approximate surface area is 216 Å². The Morgan fingerprint density at radius 2 is 2.00 bits per heavy atom. The summed E-state index contributed by atoms with van der Waals surface area (Å²) in [6.07, 6.45) is 3.83. The highest BCUT2D eigenvalue weighted by Gasteiger charge is 2.60. The first-order valence-corrected chi connectivity index (χ1v) is 16.7. The van der Waals surface area contributed by atoms with E-state index in [1.54, 1.807) is 4.90 Å².